The number of rotatable bonds is 4. The average molecular weight is 266 g/mol. The summed E-state index contributed by atoms with van der Waals surface area (Å²) in [7, 11) is 0. The molecule has 18 heavy (non-hydrogen) atoms. The highest BCUT2D eigenvalue weighted by Crippen LogP contribution is 2.29. The molecule has 0 bridgehead atoms. The van der Waals surface area contributed by atoms with Crippen LogP contribution in [0.2, 0.25) is 0 Å². The van der Waals surface area contributed by atoms with E-state index in [-0.39, 0.29) is 11.5 Å². The minimum absolute atomic E-state index is 0.0233. The summed E-state index contributed by atoms with van der Waals surface area (Å²) in [5.41, 5.74) is 0.371. The monoisotopic (exact) mass is 266 g/mol. The first-order valence-corrected chi connectivity index (χ1v) is 6.22. The van der Waals surface area contributed by atoms with Gasteiger partial charge in [-0.3, -0.25) is 0 Å². The first kappa shape index (κ1) is 12.5. The maximum atomic E-state index is 13.7. The lowest BCUT2D eigenvalue weighted by Gasteiger charge is -2.20. The second-order valence-electron chi connectivity index (χ2n) is 3.52. The molecule has 4 nitrogen and oxygen atoms in total. The number of benzene rings is 1. The number of hydrogen-bond donors (Lipinski definition) is 1. The normalized spacial score (nSPS) is 10.3. The van der Waals surface area contributed by atoms with Crippen LogP contribution in [0.4, 0.5) is 15.2 Å². The third-order valence-corrected chi connectivity index (χ3v) is 3.27. The maximum absolute atomic E-state index is 13.7. The number of para-hydroxylation sites is 1. The van der Waals surface area contributed by atoms with Crippen LogP contribution in [0.25, 0.3) is 0 Å². The summed E-state index contributed by atoms with van der Waals surface area (Å²) in [4.78, 5) is 16.4. The van der Waals surface area contributed by atoms with Crippen LogP contribution in [0.15, 0.2) is 29.6 Å². The van der Waals surface area contributed by atoms with E-state index >= 15 is 0 Å². The van der Waals surface area contributed by atoms with Gasteiger partial charge < -0.3 is 10.0 Å². The number of thiazole rings is 1. The Labute approximate surface area is 107 Å². The zero-order valence-corrected chi connectivity index (χ0v) is 10.4. The summed E-state index contributed by atoms with van der Waals surface area (Å²) in [5, 5.41) is 10.7. The predicted octanol–water partition coefficient (Wildman–Crippen LogP) is 3.14. The van der Waals surface area contributed by atoms with Crippen LogP contribution in [0.5, 0.6) is 0 Å². The first-order valence-electron chi connectivity index (χ1n) is 5.34. The summed E-state index contributed by atoms with van der Waals surface area (Å²) in [6.07, 6.45) is 0. The third-order valence-electron chi connectivity index (χ3n) is 2.40. The topological polar surface area (TPSA) is 53.4 Å². The fraction of sp³-hybridized carbons (Fsp3) is 0.167. The van der Waals surface area contributed by atoms with Gasteiger partial charge in [-0.15, -0.1) is 11.3 Å². The number of carboxylic acids is 1. The van der Waals surface area contributed by atoms with Gasteiger partial charge in [-0.05, 0) is 19.1 Å². The summed E-state index contributed by atoms with van der Waals surface area (Å²) in [6.45, 7) is 2.36. The first-order chi connectivity index (χ1) is 8.63. The van der Waals surface area contributed by atoms with Gasteiger partial charge in [0.15, 0.2) is 10.8 Å². The van der Waals surface area contributed by atoms with Gasteiger partial charge in [0.25, 0.3) is 0 Å². The van der Waals surface area contributed by atoms with Crippen molar-refractivity contribution in [3.05, 3.63) is 41.2 Å². The summed E-state index contributed by atoms with van der Waals surface area (Å²) in [6, 6.07) is 6.34. The van der Waals surface area contributed by atoms with Crippen LogP contribution in [-0.4, -0.2) is 22.6 Å². The van der Waals surface area contributed by atoms with Gasteiger partial charge in [0.05, 0.1) is 5.69 Å². The highest BCUT2D eigenvalue weighted by atomic mass is 32.1. The lowest BCUT2D eigenvalue weighted by atomic mass is 10.3. The van der Waals surface area contributed by atoms with E-state index in [4.69, 9.17) is 5.11 Å². The molecule has 0 atom stereocenters. The zero-order valence-electron chi connectivity index (χ0n) is 9.63. The van der Waals surface area contributed by atoms with E-state index in [1.54, 1.807) is 23.1 Å². The molecule has 2 aromatic rings. The van der Waals surface area contributed by atoms with Crippen molar-refractivity contribution in [1.29, 1.82) is 0 Å². The smallest absolute Gasteiger partial charge is 0.355 e. The van der Waals surface area contributed by atoms with Crippen molar-refractivity contribution in [1.82, 2.24) is 4.98 Å². The van der Waals surface area contributed by atoms with Crippen LogP contribution < -0.4 is 4.90 Å². The van der Waals surface area contributed by atoms with Crippen LogP contribution in [0.3, 0.4) is 0 Å². The molecule has 0 amide bonds. The molecular formula is C12H11FN2O2S. The second kappa shape index (κ2) is 5.14. The Hall–Kier alpha value is -1.95. The second-order valence-corrected chi connectivity index (χ2v) is 4.35. The van der Waals surface area contributed by atoms with Crippen molar-refractivity contribution < 1.29 is 14.3 Å². The Bertz CT molecular complexity index is 571. The molecule has 2 rings (SSSR count). The number of hydrogen-bond acceptors (Lipinski definition) is 4. The van der Waals surface area contributed by atoms with E-state index in [1.165, 1.54) is 22.8 Å². The molecule has 0 unspecified atom stereocenters. The Morgan fingerprint density at radius 1 is 1.50 bits per heavy atom. The lowest BCUT2D eigenvalue weighted by molar-refractivity contribution is 0.0691. The minimum Gasteiger partial charge on any atom is -0.476 e. The SMILES string of the molecule is CCN(c1nc(C(=O)O)cs1)c1ccccc1F. The fourth-order valence-electron chi connectivity index (χ4n) is 1.57. The van der Waals surface area contributed by atoms with Gasteiger partial charge in [0.2, 0.25) is 0 Å². The van der Waals surface area contributed by atoms with Gasteiger partial charge in [-0.1, -0.05) is 12.1 Å². The number of aromatic nitrogens is 1. The molecule has 0 fully saturated rings. The van der Waals surface area contributed by atoms with Gasteiger partial charge in [0, 0.05) is 11.9 Å². The molecule has 0 saturated heterocycles. The predicted molar refractivity (Wildman–Crippen MR) is 68.2 cm³/mol. The molecule has 0 spiro atoms. The molecule has 1 aromatic heterocycles. The summed E-state index contributed by atoms with van der Waals surface area (Å²) in [5.74, 6) is -1.44. The van der Waals surface area contributed by atoms with Gasteiger partial charge in [-0.2, -0.15) is 0 Å². The highest BCUT2D eigenvalue weighted by molar-refractivity contribution is 7.14. The van der Waals surface area contributed by atoms with Crippen LogP contribution in [0.1, 0.15) is 17.4 Å². The Balaban J connectivity index is 2.39. The number of carboxylic acid groups (broad SMARTS) is 1. The van der Waals surface area contributed by atoms with Crippen molar-refractivity contribution in [2.24, 2.45) is 0 Å². The summed E-state index contributed by atoms with van der Waals surface area (Å²) < 4.78 is 13.7. The standard InChI is InChI=1S/C12H11FN2O2S/c1-2-15(10-6-4-3-5-8(10)13)12-14-9(7-18-12)11(16)17/h3-7H,2H2,1H3,(H,16,17). The highest BCUT2D eigenvalue weighted by Gasteiger charge is 2.17. The number of carbonyl (C=O) groups is 1. The van der Waals surface area contributed by atoms with Crippen molar-refractivity contribution >= 4 is 28.1 Å². The van der Waals surface area contributed by atoms with E-state index < -0.39 is 5.97 Å². The molecule has 0 aliphatic heterocycles. The molecule has 94 valence electrons. The molecule has 6 heteroatoms. The average Bonchev–Trinajstić information content (AvgIpc) is 2.82. The van der Waals surface area contributed by atoms with Gasteiger partial charge in [-0.25, -0.2) is 14.2 Å². The van der Waals surface area contributed by atoms with Gasteiger partial charge in [0.1, 0.15) is 5.82 Å². The molecule has 1 N–H and O–H groups in total. The Morgan fingerprint density at radius 3 is 2.78 bits per heavy atom. The van der Waals surface area contributed by atoms with Crippen molar-refractivity contribution in [3.8, 4) is 0 Å². The fourth-order valence-corrected chi connectivity index (χ4v) is 2.44. The van der Waals surface area contributed by atoms with E-state index in [2.05, 4.69) is 4.98 Å². The molecule has 1 aromatic carbocycles. The quantitative estimate of drug-likeness (QED) is 0.923. The summed E-state index contributed by atoms with van der Waals surface area (Å²) >= 11 is 1.18. The van der Waals surface area contributed by atoms with E-state index in [1.807, 2.05) is 6.92 Å². The lowest BCUT2D eigenvalue weighted by Crippen LogP contribution is -2.17. The molecule has 0 aliphatic carbocycles. The number of halogens is 1. The molecule has 0 aliphatic rings. The van der Waals surface area contributed by atoms with Crippen molar-refractivity contribution in [3.63, 3.8) is 0 Å². The zero-order chi connectivity index (χ0) is 13.1. The Kier molecular flexibility index (Phi) is 3.57. The Morgan fingerprint density at radius 2 is 2.22 bits per heavy atom. The third kappa shape index (κ3) is 2.33. The molecule has 0 radical (unpaired) electrons. The van der Waals surface area contributed by atoms with Gasteiger partial charge >= 0.3 is 5.97 Å². The number of nitrogens with zero attached hydrogens (tertiary/aromatic N) is 2. The largest absolute Gasteiger partial charge is 0.476 e. The minimum atomic E-state index is -1.08. The van der Waals surface area contributed by atoms with Crippen LogP contribution in [-0.2, 0) is 0 Å². The van der Waals surface area contributed by atoms with E-state index in [0.717, 1.165) is 0 Å². The molecular weight excluding hydrogens is 255 g/mol. The number of aromatic carboxylic acids is 1. The van der Waals surface area contributed by atoms with Crippen molar-refractivity contribution in [2.75, 3.05) is 11.4 Å². The molecule has 0 saturated carbocycles. The van der Waals surface area contributed by atoms with E-state index in [9.17, 15) is 9.18 Å². The van der Waals surface area contributed by atoms with Crippen molar-refractivity contribution in [2.45, 2.75) is 6.92 Å². The van der Waals surface area contributed by atoms with Crippen LogP contribution in [0, 0.1) is 5.82 Å². The van der Waals surface area contributed by atoms with E-state index in [0.29, 0.717) is 17.4 Å². The maximum Gasteiger partial charge on any atom is 0.355 e. The van der Waals surface area contributed by atoms with Crippen LogP contribution >= 0.6 is 11.3 Å². The number of anilines is 2. The molecule has 1 heterocycles.